The van der Waals surface area contributed by atoms with Crippen molar-refractivity contribution in [3.05, 3.63) is 78.5 Å². The number of ether oxygens (including phenoxy) is 2. The Morgan fingerprint density at radius 2 is 1.78 bits per heavy atom. The van der Waals surface area contributed by atoms with Gasteiger partial charge >= 0.3 is 0 Å². The lowest BCUT2D eigenvalue weighted by Gasteiger charge is -2.27. The van der Waals surface area contributed by atoms with E-state index in [0.29, 0.717) is 37.7 Å². The molecule has 160 valence electrons. The molecule has 0 saturated carbocycles. The third-order valence-electron chi connectivity index (χ3n) is 5.68. The fourth-order valence-corrected chi connectivity index (χ4v) is 4.06. The van der Waals surface area contributed by atoms with E-state index >= 15 is 0 Å². The van der Waals surface area contributed by atoms with Gasteiger partial charge in [0.2, 0.25) is 5.88 Å². The highest BCUT2D eigenvalue weighted by molar-refractivity contribution is 6.03. The molecule has 0 spiro atoms. The van der Waals surface area contributed by atoms with Crippen LogP contribution in [0.4, 0.5) is 0 Å². The first-order valence-electron chi connectivity index (χ1n) is 10.6. The monoisotopic (exact) mass is 425 g/mol. The minimum atomic E-state index is 0.00596. The van der Waals surface area contributed by atoms with Crippen molar-refractivity contribution in [2.75, 3.05) is 33.4 Å². The average Bonchev–Trinajstić information content (AvgIpc) is 2.88. The lowest BCUT2D eigenvalue weighted by molar-refractivity contribution is 0.0303. The number of hydrogen-bond donors (Lipinski definition) is 0. The quantitative estimate of drug-likeness (QED) is 0.484. The van der Waals surface area contributed by atoms with Crippen LogP contribution in [-0.2, 0) is 4.74 Å². The predicted octanol–water partition coefficient (Wildman–Crippen LogP) is 4.44. The molecule has 1 amide bonds. The molecular formula is C26H23N3O3. The first-order valence-corrected chi connectivity index (χ1v) is 10.6. The Hall–Kier alpha value is -3.77. The molecular weight excluding hydrogens is 402 g/mol. The second-order valence-electron chi connectivity index (χ2n) is 7.61. The van der Waals surface area contributed by atoms with Crippen LogP contribution < -0.4 is 4.74 Å². The number of hydrogen-bond acceptors (Lipinski definition) is 5. The van der Waals surface area contributed by atoms with Gasteiger partial charge in [-0.1, -0.05) is 36.4 Å². The second kappa shape index (κ2) is 8.77. The summed E-state index contributed by atoms with van der Waals surface area (Å²) in [4.78, 5) is 24.2. The maximum Gasteiger partial charge on any atom is 0.254 e. The maximum absolute atomic E-state index is 13.1. The van der Waals surface area contributed by atoms with E-state index in [4.69, 9.17) is 9.47 Å². The van der Waals surface area contributed by atoms with Gasteiger partial charge in [-0.05, 0) is 29.8 Å². The zero-order valence-corrected chi connectivity index (χ0v) is 17.8. The van der Waals surface area contributed by atoms with Crippen molar-refractivity contribution < 1.29 is 14.3 Å². The normalized spacial score (nSPS) is 13.8. The molecule has 3 heterocycles. The summed E-state index contributed by atoms with van der Waals surface area (Å²) in [7, 11) is 1.61. The Labute approximate surface area is 186 Å². The Bertz CT molecular complexity index is 1270. The molecule has 1 saturated heterocycles. The highest BCUT2D eigenvalue weighted by atomic mass is 16.5. The van der Waals surface area contributed by atoms with Crippen LogP contribution in [-0.4, -0.2) is 54.2 Å². The third-order valence-corrected chi connectivity index (χ3v) is 5.68. The van der Waals surface area contributed by atoms with Gasteiger partial charge in [-0.25, -0.2) is 4.98 Å². The van der Waals surface area contributed by atoms with Gasteiger partial charge in [-0.2, -0.15) is 0 Å². The Kier molecular flexibility index (Phi) is 5.52. The SMILES string of the molecule is COc1cc(-c2cccnc2-c2ccccc2)c2cc(C(=O)N3CCOCC3)ccc2n1. The minimum absolute atomic E-state index is 0.00596. The fourth-order valence-electron chi connectivity index (χ4n) is 4.06. The van der Waals surface area contributed by atoms with Crippen LogP contribution in [0.3, 0.4) is 0 Å². The predicted molar refractivity (Wildman–Crippen MR) is 124 cm³/mol. The third kappa shape index (κ3) is 3.81. The number of amides is 1. The standard InChI is InChI=1S/C26H23N3O3/c1-31-24-17-21(20-8-5-11-27-25(20)18-6-3-2-4-7-18)22-16-19(9-10-23(22)28-24)26(30)29-12-14-32-15-13-29/h2-11,16-17H,12-15H2,1H3. The first-order chi connectivity index (χ1) is 15.7. The minimum Gasteiger partial charge on any atom is -0.481 e. The van der Waals surface area contributed by atoms with Crippen LogP contribution in [0, 0.1) is 0 Å². The van der Waals surface area contributed by atoms with Crippen LogP contribution in [0.25, 0.3) is 33.3 Å². The fraction of sp³-hybridized carbons (Fsp3) is 0.192. The van der Waals surface area contributed by atoms with Crippen LogP contribution in [0.2, 0.25) is 0 Å². The van der Waals surface area contributed by atoms with Crippen molar-refractivity contribution in [2.45, 2.75) is 0 Å². The molecule has 0 unspecified atom stereocenters. The zero-order chi connectivity index (χ0) is 21.9. The average molecular weight is 425 g/mol. The largest absolute Gasteiger partial charge is 0.481 e. The lowest BCUT2D eigenvalue weighted by atomic mass is 9.95. The summed E-state index contributed by atoms with van der Waals surface area (Å²) in [6.07, 6.45) is 1.79. The van der Waals surface area contributed by atoms with Gasteiger partial charge in [0.05, 0.1) is 31.5 Å². The van der Waals surface area contributed by atoms with Crippen molar-refractivity contribution >= 4 is 16.8 Å². The van der Waals surface area contributed by atoms with Gasteiger partial charge < -0.3 is 14.4 Å². The van der Waals surface area contributed by atoms with Crippen LogP contribution in [0.15, 0.2) is 72.9 Å². The van der Waals surface area contributed by atoms with Gasteiger partial charge in [-0.15, -0.1) is 0 Å². The molecule has 0 aliphatic carbocycles. The van der Waals surface area contributed by atoms with Crippen LogP contribution in [0.5, 0.6) is 5.88 Å². The number of benzene rings is 2. The van der Waals surface area contributed by atoms with Gasteiger partial charge in [0.25, 0.3) is 5.91 Å². The summed E-state index contributed by atoms with van der Waals surface area (Å²) in [6, 6.07) is 21.6. The molecule has 1 aliphatic heterocycles. The molecule has 2 aromatic heterocycles. The molecule has 1 aliphatic rings. The van der Waals surface area contributed by atoms with E-state index in [0.717, 1.165) is 33.3 Å². The Morgan fingerprint density at radius 3 is 2.56 bits per heavy atom. The number of rotatable bonds is 4. The molecule has 5 rings (SSSR count). The lowest BCUT2D eigenvalue weighted by Crippen LogP contribution is -2.40. The molecule has 32 heavy (non-hydrogen) atoms. The smallest absolute Gasteiger partial charge is 0.254 e. The highest BCUT2D eigenvalue weighted by Gasteiger charge is 2.20. The van der Waals surface area contributed by atoms with Crippen molar-refractivity contribution in [3.63, 3.8) is 0 Å². The summed E-state index contributed by atoms with van der Waals surface area (Å²) in [5.41, 5.74) is 5.18. The van der Waals surface area contributed by atoms with Gasteiger partial charge in [-0.3, -0.25) is 9.78 Å². The van der Waals surface area contributed by atoms with E-state index in [9.17, 15) is 4.79 Å². The van der Waals surface area contributed by atoms with E-state index < -0.39 is 0 Å². The van der Waals surface area contributed by atoms with E-state index in [-0.39, 0.29) is 5.91 Å². The molecule has 0 radical (unpaired) electrons. The molecule has 4 aromatic rings. The summed E-state index contributed by atoms with van der Waals surface area (Å²) < 4.78 is 10.9. The number of methoxy groups -OCH3 is 1. The summed E-state index contributed by atoms with van der Waals surface area (Å²) >= 11 is 0. The first kappa shape index (κ1) is 20.2. The molecule has 6 heteroatoms. The topological polar surface area (TPSA) is 64.5 Å². The molecule has 0 N–H and O–H groups in total. The summed E-state index contributed by atoms with van der Waals surface area (Å²) in [6.45, 7) is 2.34. The number of aromatic nitrogens is 2. The number of carbonyl (C=O) groups is 1. The van der Waals surface area contributed by atoms with Crippen molar-refractivity contribution in [1.82, 2.24) is 14.9 Å². The zero-order valence-electron chi connectivity index (χ0n) is 17.8. The number of fused-ring (bicyclic) bond motifs is 1. The second-order valence-corrected chi connectivity index (χ2v) is 7.61. The van der Waals surface area contributed by atoms with Crippen LogP contribution in [0.1, 0.15) is 10.4 Å². The van der Waals surface area contributed by atoms with Gasteiger partial charge in [0.15, 0.2) is 0 Å². The molecule has 1 fully saturated rings. The van der Waals surface area contributed by atoms with Crippen molar-refractivity contribution in [1.29, 1.82) is 0 Å². The molecule has 0 bridgehead atoms. The van der Waals surface area contributed by atoms with Gasteiger partial charge in [0.1, 0.15) is 0 Å². The molecule has 0 atom stereocenters. The summed E-state index contributed by atoms with van der Waals surface area (Å²) in [5.74, 6) is 0.522. The number of carbonyl (C=O) groups excluding carboxylic acids is 1. The maximum atomic E-state index is 13.1. The van der Waals surface area contributed by atoms with E-state index in [1.54, 1.807) is 13.3 Å². The van der Waals surface area contributed by atoms with E-state index in [1.165, 1.54) is 0 Å². The molecule has 2 aromatic carbocycles. The van der Waals surface area contributed by atoms with Crippen molar-refractivity contribution in [2.24, 2.45) is 0 Å². The Morgan fingerprint density at radius 1 is 0.969 bits per heavy atom. The number of nitrogens with zero attached hydrogens (tertiary/aromatic N) is 3. The van der Waals surface area contributed by atoms with E-state index in [2.05, 4.69) is 9.97 Å². The van der Waals surface area contributed by atoms with E-state index in [1.807, 2.05) is 71.6 Å². The Balaban J connectivity index is 1.68. The molecule has 6 nitrogen and oxygen atoms in total. The van der Waals surface area contributed by atoms with Gasteiger partial charge in [0, 0.05) is 47.4 Å². The number of pyridine rings is 2. The number of morpholine rings is 1. The van der Waals surface area contributed by atoms with Crippen molar-refractivity contribution in [3.8, 4) is 28.3 Å². The van der Waals surface area contributed by atoms with Crippen LogP contribution >= 0.6 is 0 Å². The highest BCUT2D eigenvalue weighted by Crippen LogP contribution is 2.36. The summed E-state index contributed by atoms with van der Waals surface area (Å²) in [5, 5.41) is 0.884.